The number of hydrogen-bond acceptors (Lipinski definition) is 6. The lowest BCUT2D eigenvalue weighted by atomic mass is 11.1. The lowest BCUT2D eigenvalue weighted by Gasteiger charge is -1.95. The summed E-state index contributed by atoms with van der Waals surface area (Å²) in [4.78, 5) is 3.71. The number of nitrogens with zero attached hydrogens (tertiary/aromatic N) is 3. The van der Waals surface area contributed by atoms with Gasteiger partial charge in [0, 0.05) is 0 Å². The molecule has 0 amide bonds. The second kappa shape index (κ2) is 2.94. The van der Waals surface area contributed by atoms with E-state index in [0.717, 1.165) is 6.26 Å². The largest absolute Gasteiger partial charge is 0.367 e. The Hall–Kier alpha value is -0.760. The molecule has 0 saturated carbocycles. The molecular formula is C4H8N4O2S2. The van der Waals surface area contributed by atoms with Crippen LogP contribution < -0.4 is 5.73 Å². The minimum absolute atomic E-state index is 0.109. The molecule has 1 heterocycles. The van der Waals surface area contributed by atoms with E-state index in [1.165, 1.54) is 11.8 Å². The quantitative estimate of drug-likeness (QED) is 0.652. The second-order valence-corrected chi connectivity index (χ2v) is 4.65. The smallest absolute Gasteiger partial charge is 0.254 e. The van der Waals surface area contributed by atoms with E-state index in [1.807, 2.05) is 0 Å². The number of hydrogen-bond donors (Lipinski definition) is 1. The third kappa shape index (κ3) is 1.69. The van der Waals surface area contributed by atoms with Crippen LogP contribution in [0.3, 0.4) is 0 Å². The molecule has 1 aromatic rings. The first kappa shape index (κ1) is 9.33. The Morgan fingerprint density at radius 3 is 2.42 bits per heavy atom. The van der Waals surface area contributed by atoms with Crippen molar-refractivity contribution in [1.29, 1.82) is 0 Å². The van der Waals surface area contributed by atoms with E-state index in [1.54, 1.807) is 6.26 Å². The van der Waals surface area contributed by atoms with Gasteiger partial charge in [0.2, 0.25) is 11.1 Å². The lowest BCUT2D eigenvalue weighted by Crippen LogP contribution is -2.14. The van der Waals surface area contributed by atoms with E-state index in [9.17, 15) is 8.42 Å². The molecule has 12 heavy (non-hydrogen) atoms. The molecule has 0 radical (unpaired) electrons. The summed E-state index contributed by atoms with van der Waals surface area (Å²) in [5, 5.41) is 4.00. The summed E-state index contributed by atoms with van der Waals surface area (Å²) in [6, 6.07) is 0. The second-order valence-electron chi connectivity index (χ2n) is 2.06. The van der Waals surface area contributed by atoms with E-state index in [4.69, 9.17) is 5.73 Å². The number of aromatic nitrogens is 3. The summed E-state index contributed by atoms with van der Waals surface area (Å²) in [5.74, 6) is -0.109. The molecule has 1 rings (SSSR count). The number of nitrogen functional groups attached to an aromatic ring is 1. The Morgan fingerprint density at radius 2 is 2.17 bits per heavy atom. The van der Waals surface area contributed by atoms with Gasteiger partial charge in [0.15, 0.2) is 0 Å². The summed E-state index contributed by atoms with van der Waals surface area (Å²) in [5.41, 5.74) is 5.30. The van der Waals surface area contributed by atoms with Crippen molar-refractivity contribution in [3.8, 4) is 0 Å². The molecule has 0 bridgehead atoms. The van der Waals surface area contributed by atoms with Gasteiger partial charge in [-0.25, -0.2) is 8.42 Å². The molecule has 8 heteroatoms. The normalized spacial score (nSPS) is 11.8. The van der Waals surface area contributed by atoms with Crippen molar-refractivity contribution in [2.24, 2.45) is 0 Å². The molecule has 0 atom stereocenters. The van der Waals surface area contributed by atoms with Crippen LogP contribution in [-0.2, 0) is 10.0 Å². The topological polar surface area (TPSA) is 90.9 Å². The van der Waals surface area contributed by atoms with Crippen LogP contribution in [0, 0.1) is 0 Å². The standard InChI is InChI=1S/C4H8N4O2S2/c1-11-4-6-3(5)8(7-4)12(2,9)10/h1-2H3,(H2,5,6,7). The Labute approximate surface area is 74.2 Å². The van der Waals surface area contributed by atoms with Crippen LogP contribution in [0.1, 0.15) is 0 Å². The van der Waals surface area contributed by atoms with E-state index >= 15 is 0 Å². The van der Waals surface area contributed by atoms with Gasteiger partial charge in [-0.1, -0.05) is 11.8 Å². The average molecular weight is 208 g/mol. The molecule has 6 nitrogen and oxygen atoms in total. The van der Waals surface area contributed by atoms with Gasteiger partial charge < -0.3 is 5.73 Å². The van der Waals surface area contributed by atoms with Gasteiger partial charge in [0.1, 0.15) is 0 Å². The fourth-order valence-corrected chi connectivity index (χ4v) is 1.63. The first-order valence-electron chi connectivity index (χ1n) is 2.92. The Balaban J connectivity index is 3.27. The van der Waals surface area contributed by atoms with Gasteiger partial charge >= 0.3 is 0 Å². The number of anilines is 1. The van der Waals surface area contributed by atoms with Crippen molar-refractivity contribution in [3.05, 3.63) is 0 Å². The van der Waals surface area contributed by atoms with Gasteiger partial charge in [0.05, 0.1) is 6.26 Å². The molecule has 0 aliphatic rings. The Kier molecular flexibility index (Phi) is 2.29. The summed E-state index contributed by atoms with van der Waals surface area (Å²) in [6.07, 6.45) is 2.75. The zero-order valence-corrected chi connectivity index (χ0v) is 8.18. The maximum absolute atomic E-state index is 11.0. The van der Waals surface area contributed by atoms with Gasteiger partial charge in [-0.05, 0) is 6.26 Å². The fraction of sp³-hybridized carbons (Fsp3) is 0.500. The van der Waals surface area contributed by atoms with Crippen LogP contribution in [-0.4, -0.2) is 35.1 Å². The van der Waals surface area contributed by atoms with Crippen molar-refractivity contribution in [2.75, 3.05) is 18.2 Å². The number of nitrogens with two attached hydrogens (primary N) is 1. The molecule has 0 aromatic carbocycles. The fourth-order valence-electron chi connectivity index (χ4n) is 0.623. The minimum Gasteiger partial charge on any atom is -0.367 e. The van der Waals surface area contributed by atoms with Crippen LogP contribution in [0.2, 0.25) is 0 Å². The van der Waals surface area contributed by atoms with Gasteiger partial charge in [-0.15, -0.1) is 9.19 Å². The van der Waals surface area contributed by atoms with Crippen molar-refractivity contribution < 1.29 is 8.42 Å². The van der Waals surface area contributed by atoms with Crippen LogP contribution in [0.4, 0.5) is 5.95 Å². The first-order chi connectivity index (χ1) is 5.45. The highest BCUT2D eigenvalue weighted by molar-refractivity contribution is 7.98. The van der Waals surface area contributed by atoms with E-state index in [-0.39, 0.29) is 5.95 Å². The molecular weight excluding hydrogens is 200 g/mol. The van der Waals surface area contributed by atoms with Crippen molar-refractivity contribution >= 4 is 27.7 Å². The van der Waals surface area contributed by atoms with Gasteiger partial charge in [0.25, 0.3) is 10.0 Å². The molecule has 68 valence electrons. The van der Waals surface area contributed by atoms with Gasteiger partial charge in [-0.2, -0.15) is 4.98 Å². The van der Waals surface area contributed by atoms with Crippen LogP contribution in [0.25, 0.3) is 0 Å². The highest BCUT2D eigenvalue weighted by atomic mass is 32.2. The Morgan fingerprint density at radius 1 is 1.58 bits per heavy atom. The highest BCUT2D eigenvalue weighted by Gasteiger charge is 2.13. The molecule has 0 aliphatic heterocycles. The van der Waals surface area contributed by atoms with E-state index < -0.39 is 10.0 Å². The molecule has 1 aromatic heterocycles. The summed E-state index contributed by atoms with van der Waals surface area (Å²) in [7, 11) is -3.42. The van der Waals surface area contributed by atoms with E-state index in [2.05, 4.69) is 10.1 Å². The van der Waals surface area contributed by atoms with E-state index in [0.29, 0.717) is 9.24 Å². The molecule has 0 spiro atoms. The Bertz CT molecular complexity index is 382. The monoisotopic (exact) mass is 208 g/mol. The SMILES string of the molecule is CSc1nc(N)n(S(C)(=O)=O)n1. The van der Waals surface area contributed by atoms with Gasteiger partial charge in [-0.3, -0.25) is 0 Å². The molecule has 2 N–H and O–H groups in total. The van der Waals surface area contributed by atoms with Crippen molar-refractivity contribution in [2.45, 2.75) is 5.16 Å². The highest BCUT2D eigenvalue weighted by Crippen LogP contribution is 2.11. The van der Waals surface area contributed by atoms with Crippen LogP contribution in [0.15, 0.2) is 5.16 Å². The maximum atomic E-state index is 11.0. The lowest BCUT2D eigenvalue weighted by molar-refractivity contribution is 0.586. The average Bonchev–Trinajstić information content (AvgIpc) is 2.29. The predicted octanol–water partition coefficient (Wildman–Crippen LogP) is -0.610. The zero-order chi connectivity index (χ0) is 9.35. The molecule has 0 fully saturated rings. The zero-order valence-electron chi connectivity index (χ0n) is 6.55. The maximum Gasteiger partial charge on any atom is 0.254 e. The molecule has 0 saturated heterocycles. The third-order valence-corrected chi connectivity index (χ3v) is 2.51. The minimum atomic E-state index is -3.42. The van der Waals surface area contributed by atoms with Crippen molar-refractivity contribution in [3.63, 3.8) is 0 Å². The van der Waals surface area contributed by atoms with Crippen LogP contribution >= 0.6 is 11.8 Å². The predicted molar refractivity (Wildman–Crippen MR) is 46.5 cm³/mol. The van der Waals surface area contributed by atoms with Crippen molar-refractivity contribution in [1.82, 2.24) is 14.2 Å². The number of thioether (sulfide) groups is 1. The first-order valence-corrected chi connectivity index (χ1v) is 5.99. The molecule has 0 unspecified atom stereocenters. The molecule has 0 aliphatic carbocycles. The third-order valence-electron chi connectivity index (χ3n) is 1.08. The summed E-state index contributed by atoms with van der Waals surface area (Å²) in [6.45, 7) is 0. The number of rotatable bonds is 2. The van der Waals surface area contributed by atoms with Crippen LogP contribution in [0.5, 0.6) is 0 Å². The summed E-state index contributed by atoms with van der Waals surface area (Å²) < 4.78 is 22.6. The summed E-state index contributed by atoms with van der Waals surface area (Å²) >= 11 is 1.23.